The van der Waals surface area contributed by atoms with Gasteiger partial charge in [0, 0.05) is 16.4 Å². The molecular formula is C28H24N8O5S3. The number of allylic oxidation sites excluding steroid dienone is 1. The van der Waals surface area contributed by atoms with Gasteiger partial charge in [-0.05, 0) is 24.0 Å². The zero-order chi connectivity index (χ0) is 30.6. The highest BCUT2D eigenvalue weighted by Crippen LogP contribution is 2.44. The average Bonchev–Trinajstić information content (AvgIpc) is 3.73. The second-order valence-electron chi connectivity index (χ2n) is 9.53. The van der Waals surface area contributed by atoms with E-state index in [4.69, 9.17) is 15.3 Å². The van der Waals surface area contributed by atoms with Crippen molar-refractivity contribution in [3.63, 3.8) is 0 Å². The van der Waals surface area contributed by atoms with E-state index in [0.29, 0.717) is 22.1 Å². The van der Waals surface area contributed by atoms with Crippen molar-refractivity contribution >= 4 is 63.3 Å². The van der Waals surface area contributed by atoms with Gasteiger partial charge in [-0.1, -0.05) is 88.9 Å². The summed E-state index contributed by atoms with van der Waals surface area (Å²) in [5.41, 5.74) is 8.72. The minimum Gasteiger partial charge on any atom is -0.448 e. The van der Waals surface area contributed by atoms with Crippen molar-refractivity contribution < 1.29 is 24.0 Å². The van der Waals surface area contributed by atoms with Gasteiger partial charge >= 0.3 is 5.97 Å². The number of hydrogen-bond donors (Lipinski definition) is 2. The highest BCUT2D eigenvalue weighted by atomic mass is 32.2. The molecule has 2 aliphatic heterocycles. The lowest BCUT2D eigenvalue weighted by atomic mass is 9.86. The Morgan fingerprint density at radius 1 is 1.14 bits per heavy atom. The molecule has 0 radical (unpaired) electrons. The first kappa shape index (κ1) is 29.4. The number of rotatable bonds is 10. The van der Waals surface area contributed by atoms with Gasteiger partial charge < -0.3 is 20.6 Å². The predicted octanol–water partition coefficient (Wildman–Crippen LogP) is 3.15. The number of benzene rings is 2. The summed E-state index contributed by atoms with van der Waals surface area (Å²) in [4.78, 5) is 51.8. The summed E-state index contributed by atoms with van der Waals surface area (Å²) in [5.74, 6) is -1.87. The van der Waals surface area contributed by atoms with Crippen LogP contribution >= 0.6 is 34.6 Å². The van der Waals surface area contributed by atoms with E-state index in [1.807, 2.05) is 60.7 Å². The second-order valence-corrected chi connectivity index (χ2v) is 12.5. The van der Waals surface area contributed by atoms with Crippen LogP contribution < -0.4 is 11.1 Å². The highest BCUT2D eigenvalue weighted by Gasteiger charge is 2.54. The van der Waals surface area contributed by atoms with Crippen LogP contribution in [0.4, 0.5) is 5.13 Å². The van der Waals surface area contributed by atoms with Crippen molar-refractivity contribution in [1.29, 1.82) is 0 Å². The number of hydrogen-bond acceptors (Lipinski definition) is 14. The molecule has 16 heteroatoms. The minimum absolute atomic E-state index is 0.0214. The van der Waals surface area contributed by atoms with Crippen LogP contribution in [0.25, 0.3) is 0 Å². The van der Waals surface area contributed by atoms with Gasteiger partial charge in [0.15, 0.2) is 15.6 Å². The summed E-state index contributed by atoms with van der Waals surface area (Å²) in [7, 11) is 1.28. The van der Waals surface area contributed by atoms with Gasteiger partial charge in [-0.15, -0.1) is 10.2 Å². The first-order valence-electron chi connectivity index (χ1n) is 13.3. The number of oxime groups is 1. The van der Waals surface area contributed by atoms with E-state index in [1.54, 1.807) is 5.51 Å². The molecule has 2 atom stereocenters. The lowest BCUT2D eigenvalue weighted by Crippen LogP contribution is -2.72. The summed E-state index contributed by atoms with van der Waals surface area (Å²) in [6.45, 7) is 0. The standard InChI is InChI=1S/C28H24N8O5S3/c1-40-34-20(23-32-27(29)44-35-23)24(37)31-19-17-12-13-18(43-28-33-30-14-42-28)21(36(17)25(19)38)26(39)41-22(15-8-4-2-5-9-15)16-10-6-3-7-11-16/h2-11,14,17,19,22H,12-13H2,1H3,(H,31,37)(H2,29,32,35)/t17-,19+/m1/s1. The van der Waals surface area contributed by atoms with Gasteiger partial charge in [-0.25, -0.2) is 4.79 Å². The Morgan fingerprint density at radius 2 is 1.84 bits per heavy atom. The molecule has 3 N–H and O–H groups in total. The van der Waals surface area contributed by atoms with Gasteiger partial charge in [-0.2, -0.15) is 9.36 Å². The number of thioether (sulfide) groups is 1. The number of amides is 2. The summed E-state index contributed by atoms with van der Waals surface area (Å²) in [6, 6.07) is 17.3. The van der Waals surface area contributed by atoms with E-state index in [0.717, 1.165) is 22.7 Å². The molecule has 2 aliphatic rings. The second kappa shape index (κ2) is 12.9. The maximum atomic E-state index is 14.1. The van der Waals surface area contributed by atoms with E-state index >= 15 is 0 Å². The Hall–Kier alpha value is -4.67. The Bertz CT molecular complexity index is 1690. The minimum atomic E-state index is -0.921. The van der Waals surface area contributed by atoms with Gasteiger partial charge in [-0.3, -0.25) is 14.5 Å². The summed E-state index contributed by atoms with van der Waals surface area (Å²) < 4.78 is 10.8. The topological polar surface area (TPSA) is 175 Å². The van der Waals surface area contributed by atoms with Crippen LogP contribution in [0.15, 0.2) is 86.3 Å². The van der Waals surface area contributed by atoms with Crippen LogP contribution in [0.3, 0.4) is 0 Å². The molecule has 2 amide bonds. The third-order valence-electron chi connectivity index (χ3n) is 6.90. The van der Waals surface area contributed by atoms with Gasteiger partial charge in [0.25, 0.3) is 11.8 Å². The third-order valence-corrected chi connectivity index (χ3v) is 9.37. The Kier molecular flexibility index (Phi) is 8.63. The van der Waals surface area contributed by atoms with Crippen LogP contribution in [-0.4, -0.2) is 67.1 Å². The van der Waals surface area contributed by atoms with E-state index in [-0.39, 0.29) is 22.4 Å². The molecule has 0 saturated carbocycles. The predicted molar refractivity (Wildman–Crippen MR) is 163 cm³/mol. The number of carbonyl (C=O) groups excluding carboxylic acids is 3. The van der Waals surface area contributed by atoms with E-state index in [2.05, 4.69) is 30.0 Å². The number of anilines is 1. The Balaban J connectivity index is 1.29. The maximum absolute atomic E-state index is 14.1. The molecule has 6 rings (SSSR count). The average molecular weight is 649 g/mol. The van der Waals surface area contributed by atoms with Crippen LogP contribution in [0.5, 0.6) is 0 Å². The normalized spacial score (nSPS) is 18.1. The molecule has 0 bridgehead atoms. The van der Waals surface area contributed by atoms with Crippen LogP contribution in [-0.2, 0) is 24.0 Å². The van der Waals surface area contributed by atoms with Gasteiger partial charge in [0.2, 0.25) is 11.5 Å². The molecular weight excluding hydrogens is 625 g/mol. The fraction of sp³-hybridized carbons (Fsp3) is 0.214. The SMILES string of the molecule is CON=C(C(=O)N[C@@H]1C(=O)N2C(C(=O)OC(c3ccccc3)c3ccccc3)=C(Sc3nncs3)CC[C@H]12)c1nsc(N)n1. The molecule has 13 nitrogen and oxygen atoms in total. The first-order valence-corrected chi connectivity index (χ1v) is 15.7. The van der Waals surface area contributed by atoms with E-state index in [1.165, 1.54) is 35.1 Å². The smallest absolute Gasteiger partial charge is 0.356 e. The molecule has 0 aliphatic carbocycles. The highest BCUT2D eigenvalue weighted by molar-refractivity contribution is 8.04. The fourth-order valence-corrected chi connectivity index (χ4v) is 7.13. The monoisotopic (exact) mass is 648 g/mol. The number of nitrogens with zero attached hydrogens (tertiary/aromatic N) is 6. The number of fused-ring (bicyclic) bond motifs is 1. The summed E-state index contributed by atoms with van der Waals surface area (Å²) >= 11 is 3.49. The molecule has 224 valence electrons. The molecule has 0 spiro atoms. The van der Waals surface area contributed by atoms with Crippen molar-refractivity contribution in [3.8, 4) is 0 Å². The number of aromatic nitrogens is 4. The van der Waals surface area contributed by atoms with Crippen molar-refractivity contribution in [2.75, 3.05) is 12.8 Å². The maximum Gasteiger partial charge on any atom is 0.356 e. The number of ether oxygens (including phenoxy) is 1. The van der Waals surface area contributed by atoms with Crippen molar-refractivity contribution in [2.45, 2.75) is 35.4 Å². The number of nitrogens with one attached hydrogen (secondary N) is 1. The zero-order valence-electron chi connectivity index (χ0n) is 23.0. The van der Waals surface area contributed by atoms with Crippen LogP contribution in [0.1, 0.15) is 35.9 Å². The van der Waals surface area contributed by atoms with Crippen molar-refractivity contribution in [1.82, 2.24) is 29.8 Å². The van der Waals surface area contributed by atoms with Crippen molar-refractivity contribution in [3.05, 3.63) is 93.7 Å². The number of nitrogen functional groups attached to an aromatic ring is 1. The van der Waals surface area contributed by atoms with E-state index in [9.17, 15) is 14.4 Å². The quantitative estimate of drug-likeness (QED) is 0.112. The third kappa shape index (κ3) is 5.91. The summed E-state index contributed by atoms with van der Waals surface area (Å²) in [5, 5.41) is 14.6. The Labute approximate surface area is 263 Å². The fourth-order valence-electron chi connectivity index (χ4n) is 4.99. The molecule has 0 unspecified atom stereocenters. The zero-order valence-corrected chi connectivity index (χ0v) is 25.5. The van der Waals surface area contributed by atoms with Crippen molar-refractivity contribution in [2.24, 2.45) is 5.16 Å². The number of β-lactam (4-membered cyclic amide) rings is 1. The van der Waals surface area contributed by atoms with E-state index < -0.39 is 36.0 Å². The molecule has 2 aromatic carbocycles. The van der Waals surface area contributed by atoms with Gasteiger partial charge in [0.1, 0.15) is 24.4 Å². The molecule has 1 fully saturated rings. The van der Waals surface area contributed by atoms with Gasteiger partial charge in [0.05, 0.1) is 6.04 Å². The molecule has 2 aromatic heterocycles. The number of carbonyl (C=O) groups is 3. The molecule has 1 saturated heterocycles. The number of esters is 1. The van der Waals surface area contributed by atoms with Crippen LogP contribution in [0, 0.1) is 0 Å². The number of nitrogens with two attached hydrogens (primary N) is 1. The largest absolute Gasteiger partial charge is 0.448 e. The first-order chi connectivity index (χ1) is 21.4. The lowest BCUT2D eigenvalue weighted by Gasteiger charge is -2.50. The molecule has 4 aromatic rings. The van der Waals surface area contributed by atoms with Crippen LogP contribution in [0.2, 0.25) is 0 Å². The Morgan fingerprint density at radius 3 is 2.43 bits per heavy atom. The molecule has 44 heavy (non-hydrogen) atoms. The molecule has 4 heterocycles. The lowest BCUT2D eigenvalue weighted by molar-refractivity contribution is -0.158. The summed E-state index contributed by atoms with van der Waals surface area (Å²) in [6.07, 6.45) is 0.206.